The number of hydrogen-bond acceptors (Lipinski definition) is 0. The molecule has 5 rings (SSSR count). The Labute approximate surface area is 250 Å². The van der Waals surface area contributed by atoms with Crippen LogP contribution in [0.25, 0.3) is 33.4 Å². The summed E-state index contributed by atoms with van der Waals surface area (Å²) in [7, 11) is 0. The predicted molar refractivity (Wildman–Crippen MR) is 180 cm³/mol. The fraction of sp³-hybridized carbons (Fsp3) is 0.415. The summed E-state index contributed by atoms with van der Waals surface area (Å²) in [5.74, 6) is 1.35. The third-order valence-corrected chi connectivity index (χ3v) is 9.59. The Balaban J connectivity index is 1.77. The zero-order valence-electron chi connectivity index (χ0n) is 27.3. The predicted octanol–water partition coefficient (Wildman–Crippen LogP) is 12.0. The molecule has 0 radical (unpaired) electrons. The molecule has 0 amide bonds. The Bertz CT molecular complexity index is 1430. The van der Waals surface area contributed by atoms with Crippen LogP contribution in [0.1, 0.15) is 97.9 Å². The highest BCUT2D eigenvalue weighted by Crippen LogP contribution is 2.56. The molecule has 0 nitrogen and oxygen atoms in total. The Kier molecular flexibility index (Phi) is 8.08. The average Bonchev–Trinajstić information content (AvgIpc) is 3.14. The summed E-state index contributed by atoms with van der Waals surface area (Å²) in [6, 6.07) is 24.2. The highest BCUT2D eigenvalue weighted by molar-refractivity contribution is 5.87. The topological polar surface area (TPSA) is 0 Å². The van der Waals surface area contributed by atoms with Crippen LogP contribution >= 0.6 is 0 Å². The first-order valence-electron chi connectivity index (χ1n) is 15.9. The molecule has 1 aliphatic carbocycles. The highest BCUT2D eigenvalue weighted by atomic mass is 14.5. The molecule has 1 aliphatic rings. The lowest BCUT2D eigenvalue weighted by molar-refractivity contribution is 0.364. The fourth-order valence-electron chi connectivity index (χ4n) is 7.81. The van der Waals surface area contributed by atoms with Gasteiger partial charge in [0, 0.05) is 5.41 Å². The maximum Gasteiger partial charge on any atom is 0.0215 e. The summed E-state index contributed by atoms with van der Waals surface area (Å²) in [4.78, 5) is 0. The molecule has 0 aliphatic heterocycles. The van der Waals surface area contributed by atoms with Crippen molar-refractivity contribution in [2.75, 3.05) is 0 Å². The largest absolute Gasteiger partial charge is 0.0628 e. The average molecular weight is 543 g/mol. The van der Waals surface area contributed by atoms with E-state index in [9.17, 15) is 0 Å². The lowest BCUT2D eigenvalue weighted by Gasteiger charge is -2.34. The first-order chi connectivity index (χ1) is 19.4. The minimum Gasteiger partial charge on any atom is -0.0628 e. The van der Waals surface area contributed by atoms with Crippen LogP contribution in [-0.4, -0.2) is 0 Å². The summed E-state index contributed by atoms with van der Waals surface area (Å²) in [6.45, 7) is 23.1. The van der Waals surface area contributed by atoms with Crippen LogP contribution in [0.15, 0.2) is 60.7 Å². The second-order valence-electron chi connectivity index (χ2n) is 14.0. The number of rotatable bonds is 8. The molecule has 0 atom stereocenters. The molecule has 0 bridgehead atoms. The van der Waals surface area contributed by atoms with Gasteiger partial charge >= 0.3 is 0 Å². The normalized spacial score (nSPS) is 13.7. The summed E-state index contributed by atoms with van der Waals surface area (Å²) < 4.78 is 0. The standard InChI is InChI=1S/C41H50/c1-25(2)15-17-41(18-16-26(3)4)37-23-33(39-29(7)19-27(5)20-30(39)8)11-13-35(37)36-14-12-34(24-38(36)41)40-31(9)21-28(6)22-32(40)10/h11-14,19-26H,15-18H2,1-10H3. The first kappa shape index (κ1) is 29.4. The summed E-state index contributed by atoms with van der Waals surface area (Å²) >= 11 is 0. The van der Waals surface area contributed by atoms with E-state index in [1.54, 1.807) is 11.1 Å². The molecular weight excluding hydrogens is 492 g/mol. The van der Waals surface area contributed by atoms with Crippen LogP contribution in [0.2, 0.25) is 0 Å². The smallest absolute Gasteiger partial charge is 0.0215 e. The van der Waals surface area contributed by atoms with Gasteiger partial charge in [-0.2, -0.15) is 0 Å². The van der Waals surface area contributed by atoms with Crippen molar-refractivity contribution in [3.8, 4) is 33.4 Å². The van der Waals surface area contributed by atoms with Crippen LogP contribution in [0.3, 0.4) is 0 Å². The summed E-state index contributed by atoms with van der Waals surface area (Å²) in [5.41, 5.74) is 19.8. The van der Waals surface area contributed by atoms with E-state index in [1.165, 1.54) is 92.4 Å². The van der Waals surface area contributed by atoms with E-state index in [1.807, 2.05) is 0 Å². The maximum atomic E-state index is 2.59. The first-order valence-corrected chi connectivity index (χ1v) is 15.9. The number of aryl methyl sites for hydroxylation is 6. The molecule has 0 saturated carbocycles. The van der Waals surface area contributed by atoms with Crippen LogP contribution in [-0.2, 0) is 5.41 Å². The van der Waals surface area contributed by atoms with E-state index >= 15 is 0 Å². The van der Waals surface area contributed by atoms with Crippen molar-refractivity contribution in [1.29, 1.82) is 0 Å². The fourth-order valence-corrected chi connectivity index (χ4v) is 7.81. The molecule has 0 spiro atoms. The molecule has 0 unspecified atom stereocenters. The molecule has 41 heavy (non-hydrogen) atoms. The second-order valence-corrected chi connectivity index (χ2v) is 14.0. The molecule has 0 heteroatoms. The van der Waals surface area contributed by atoms with Crippen molar-refractivity contribution >= 4 is 0 Å². The number of fused-ring (bicyclic) bond motifs is 3. The Morgan fingerprint density at radius 2 is 0.829 bits per heavy atom. The minimum atomic E-state index is 0.0320. The zero-order chi connectivity index (χ0) is 29.6. The summed E-state index contributed by atoms with van der Waals surface area (Å²) in [5, 5.41) is 0. The van der Waals surface area contributed by atoms with Crippen molar-refractivity contribution in [2.24, 2.45) is 11.8 Å². The molecule has 4 aromatic rings. The van der Waals surface area contributed by atoms with Crippen molar-refractivity contribution in [3.63, 3.8) is 0 Å². The van der Waals surface area contributed by atoms with Gasteiger partial charge in [-0.05, 0) is 158 Å². The van der Waals surface area contributed by atoms with Crippen molar-refractivity contribution in [3.05, 3.63) is 105 Å². The lowest BCUT2D eigenvalue weighted by atomic mass is 9.69. The third kappa shape index (κ3) is 5.43. The van der Waals surface area contributed by atoms with E-state index in [-0.39, 0.29) is 5.41 Å². The number of benzene rings is 4. The molecular formula is C41H50. The van der Waals surface area contributed by atoms with Crippen molar-refractivity contribution in [2.45, 2.75) is 100 Å². The van der Waals surface area contributed by atoms with Gasteiger partial charge in [0.25, 0.3) is 0 Å². The van der Waals surface area contributed by atoms with Crippen LogP contribution in [0.5, 0.6) is 0 Å². The van der Waals surface area contributed by atoms with Crippen molar-refractivity contribution < 1.29 is 0 Å². The molecule has 214 valence electrons. The van der Waals surface area contributed by atoms with E-state index in [2.05, 4.69) is 130 Å². The SMILES string of the molecule is Cc1cc(C)c(-c2ccc3c(c2)C(CCC(C)C)(CCC(C)C)c2cc(-c4c(C)cc(C)cc4C)ccc2-3)c(C)c1. The van der Waals surface area contributed by atoms with E-state index in [0.717, 1.165) is 0 Å². The Morgan fingerprint density at radius 1 is 0.488 bits per heavy atom. The molecule has 0 heterocycles. The lowest BCUT2D eigenvalue weighted by Crippen LogP contribution is -2.27. The Morgan fingerprint density at radius 3 is 1.15 bits per heavy atom. The number of hydrogen-bond donors (Lipinski definition) is 0. The second kappa shape index (κ2) is 11.3. The zero-order valence-corrected chi connectivity index (χ0v) is 27.3. The van der Waals surface area contributed by atoms with Crippen molar-refractivity contribution in [1.82, 2.24) is 0 Å². The van der Waals surface area contributed by atoms with E-state index in [0.29, 0.717) is 11.8 Å². The summed E-state index contributed by atoms with van der Waals surface area (Å²) in [6.07, 6.45) is 4.86. The Hall–Kier alpha value is -3.12. The van der Waals surface area contributed by atoms with Gasteiger partial charge in [0.1, 0.15) is 0 Å². The maximum absolute atomic E-state index is 2.59. The molecule has 4 aromatic carbocycles. The van der Waals surface area contributed by atoms with Gasteiger partial charge in [-0.25, -0.2) is 0 Å². The molecule has 0 saturated heterocycles. The third-order valence-electron chi connectivity index (χ3n) is 9.59. The van der Waals surface area contributed by atoms with Gasteiger partial charge in [-0.15, -0.1) is 0 Å². The quantitative estimate of drug-likeness (QED) is 0.208. The van der Waals surface area contributed by atoms with Gasteiger partial charge in [0.2, 0.25) is 0 Å². The van der Waals surface area contributed by atoms with Gasteiger partial charge in [0.15, 0.2) is 0 Å². The van der Waals surface area contributed by atoms with E-state index < -0.39 is 0 Å². The molecule has 0 N–H and O–H groups in total. The monoisotopic (exact) mass is 542 g/mol. The molecule has 0 fully saturated rings. The van der Waals surface area contributed by atoms with Gasteiger partial charge in [-0.3, -0.25) is 0 Å². The highest BCUT2D eigenvalue weighted by Gasteiger charge is 2.43. The van der Waals surface area contributed by atoms with Gasteiger partial charge in [-0.1, -0.05) is 87.4 Å². The van der Waals surface area contributed by atoms with Crippen LogP contribution < -0.4 is 0 Å². The van der Waals surface area contributed by atoms with Gasteiger partial charge in [0.05, 0.1) is 0 Å². The van der Waals surface area contributed by atoms with Gasteiger partial charge < -0.3 is 0 Å². The molecule has 0 aromatic heterocycles. The van der Waals surface area contributed by atoms with Crippen LogP contribution in [0, 0.1) is 53.4 Å². The minimum absolute atomic E-state index is 0.0320. The van der Waals surface area contributed by atoms with Crippen LogP contribution in [0.4, 0.5) is 0 Å². The van der Waals surface area contributed by atoms with E-state index in [4.69, 9.17) is 0 Å².